The van der Waals surface area contributed by atoms with Crippen LogP contribution in [0.2, 0.25) is 5.02 Å². The second kappa shape index (κ2) is 5.63. The molecule has 0 aliphatic heterocycles. The number of anilines is 1. The van der Waals surface area contributed by atoms with Gasteiger partial charge < -0.3 is 5.32 Å². The van der Waals surface area contributed by atoms with E-state index < -0.39 is 0 Å². The number of H-pyrrole nitrogens is 1. The predicted molar refractivity (Wildman–Crippen MR) is 82.2 cm³/mol. The lowest BCUT2D eigenvalue weighted by Crippen LogP contribution is -2.02. The Hall–Kier alpha value is -0.520. The molecule has 6 heteroatoms. The molecule has 0 aliphatic carbocycles. The van der Waals surface area contributed by atoms with Crippen molar-refractivity contribution in [1.29, 1.82) is 0 Å². The van der Waals surface area contributed by atoms with E-state index in [0.717, 1.165) is 26.0 Å². The van der Waals surface area contributed by atoms with E-state index in [1.54, 1.807) is 0 Å². The summed E-state index contributed by atoms with van der Waals surface area (Å²) in [5, 5.41) is 11.2. The van der Waals surface area contributed by atoms with Crippen molar-refractivity contribution in [3.63, 3.8) is 0 Å². The molecule has 0 saturated carbocycles. The predicted octanol–water partition coefficient (Wildman–Crippen LogP) is 4.82. The second-order valence-electron chi connectivity index (χ2n) is 4.01. The van der Waals surface area contributed by atoms with Crippen molar-refractivity contribution in [3.05, 3.63) is 43.1 Å². The third-order valence-electron chi connectivity index (χ3n) is 2.73. The molecule has 18 heavy (non-hydrogen) atoms. The number of halogens is 3. The van der Waals surface area contributed by atoms with Crippen LogP contribution in [0.4, 0.5) is 5.69 Å². The second-order valence-corrected chi connectivity index (χ2v) is 6.16. The maximum Gasteiger partial charge on any atom is 0.0643 e. The van der Waals surface area contributed by atoms with Crippen molar-refractivity contribution < 1.29 is 0 Å². The maximum absolute atomic E-state index is 5.97. The van der Waals surface area contributed by atoms with Crippen molar-refractivity contribution in [3.8, 4) is 0 Å². The summed E-state index contributed by atoms with van der Waals surface area (Å²) in [5.41, 5.74) is 4.27. The minimum absolute atomic E-state index is 0.690. The normalized spacial score (nSPS) is 10.7. The lowest BCUT2D eigenvalue weighted by Gasteiger charge is -2.11. The lowest BCUT2D eigenvalue weighted by molar-refractivity contribution is 1.02. The summed E-state index contributed by atoms with van der Waals surface area (Å²) in [6.07, 6.45) is 0. The third kappa shape index (κ3) is 2.90. The van der Waals surface area contributed by atoms with Crippen LogP contribution in [-0.2, 0) is 6.54 Å². The standard InChI is InChI=1S/C12H12Br2ClN3/c1-6-9(7(2)18-17-6)5-16-12-10(13)3-8(15)4-11(12)14/h3-4,16H,5H2,1-2H3,(H,17,18). The zero-order valence-corrected chi connectivity index (χ0v) is 13.9. The summed E-state index contributed by atoms with van der Waals surface area (Å²) in [7, 11) is 0. The van der Waals surface area contributed by atoms with Gasteiger partial charge in [-0.25, -0.2) is 0 Å². The first-order valence-corrected chi connectivity index (χ1v) is 7.34. The zero-order chi connectivity index (χ0) is 13.3. The number of aromatic amines is 1. The minimum Gasteiger partial charge on any atom is -0.379 e. The van der Waals surface area contributed by atoms with Gasteiger partial charge in [0, 0.05) is 31.8 Å². The van der Waals surface area contributed by atoms with Gasteiger partial charge in [-0.2, -0.15) is 5.10 Å². The van der Waals surface area contributed by atoms with Gasteiger partial charge in [-0.1, -0.05) is 11.6 Å². The highest BCUT2D eigenvalue weighted by molar-refractivity contribution is 9.11. The fraction of sp³-hybridized carbons (Fsp3) is 0.250. The SMILES string of the molecule is Cc1n[nH]c(C)c1CNc1c(Br)cc(Cl)cc1Br. The molecule has 1 heterocycles. The highest BCUT2D eigenvalue weighted by atomic mass is 79.9. The molecule has 0 spiro atoms. The van der Waals surface area contributed by atoms with Gasteiger partial charge in [0.1, 0.15) is 0 Å². The topological polar surface area (TPSA) is 40.7 Å². The number of nitrogens with zero attached hydrogens (tertiary/aromatic N) is 1. The van der Waals surface area contributed by atoms with Crippen LogP contribution in [-0.4, -0.2) is 10.2 Å². The molecule has 2 rings (SSSR count). The molecule has 2 aromatic rings. The first-order chi connectivity index (χ1) is 8.49. The first-order valence-electron chi connectivity index (χ1n) is 5.38. The van der Waals surface area contributed by atoms with Crippen LogP contribution < -0.4 is 5.32 Å². The van der Waals surface area contributed by atoms with Crippen LogP contribution in [0.15, 0.2) is 21.1 Å². The third-order valence-corrected chi connectivity index (χ3v) is 4.20. The van der Waals surface area contributed by atoms with Crippen LogP contribution >= 0.6 is 43.5 Å². The fourth-order valence-electron chi connectivity index (χ4n) is 1.72. The molecule has 2 N–H and O–H groups in total. The van der Waals surface area contributed by atoms with Crippen LogP contribution in [0.1, 0.15) is 17.0 Å². The van der Waals surface area contributed by atoms with Gasteiger partial charge in [-0.05, 0) is 57.8 Å². The molecule has 96 valence electrons. The van der Waals surface area contributed by atoms with Gasteiger partial charge in [0.15, 0.2) is 0 Å². The van der Waals surface area contributed by atoms with Crippen molar-refractivity contribution in [1.82, 2.24) is 10.2 Å². The summed E-state index contributed by atoms with van der Waals surface area (Å²) < 4.78 is 1.86. The Kier molecular flexibility index (Phi) is 4.35. The molecule has 1 aromatic heterocycles. The molecule has 0 unspecified atom stereocenters. The first kappa shape index (κ1) is 13.9. The van der Waals surface area contributed by atoms with E-state index in [2.05, 4.69) is 47.4 Å². The van der Waals surface area contributed by atoms with Gasteiger partial charge in [0.05, 0.1) is 11.4 Å². The number of nitrogens with one attached hydrogen (secondary N) is 2. The quantitative estimate of drug-likeness (QED) is 0.785. The largest absolute Gasteiger partial charge is 0.379 e. The van der Waals surface area contributed by atoms with E-state index in [9.17, 15) is 0 Å². The van der Waals surface area contributed by atoms with Gasteiger partial charge in [-0.15, -0.1) is 0 Å². The fourth-order valence-corrected chi connectivity index (χ4v) is 3.67. The molecular formula is C12H12Br2ClN3. The molecule has 0 fully saturated rings. The Morgan fingerprint density at radius 3 is 2.39 bits per heavy atom. The van der Waals surface area contributed by atoms with Crippen LogP contribution in [0, 0.1) is 13.8 Å². The van der Waals surface area contributed by atoms with Crippen molar-refractivity contribution in [2.24, 2.45) is 0 Å². The molecule has 1 aromatic carbocycles. The summed E-state index contributed by atoms with van der Waals surface area (Å²) in [5.74, 6) is 0. The summed E-state index contributed by atoms with van der Waals surface area (Å²) >= 11 is 13.0. The average Bonchev–Trinajstić information content (AvgIpc) is 2.58. The Bertz CT molecular complexity index is 538. The molecule has 0 aliphatic rings. The number of hydrogen-bond acceptors (Lipinski definition) is 2. The van der Waals surface area contributed by atoms with Crippen molar-refractivity contribution in [2.45, 2.75) is 20.4 Å². The monoisotopic (exact) mass is 391 g/mol. The average molecular weight is 394 g/mol. The van der Waals surface area contributed by atoms with E-state index >= 15 is 0 Å². The smallest absolute Gasteiger partial charge is 0.0643 e. The van der Waals surface area contributed by atoms with E-state index in [0.29, 0.717) is 11.6 Å². The highest BCUT2D eigenvalue weighted by Crippen LogP contribution is 2.34. The van der Waals surface area contributed by atoms with Gasteiger partial charge in [0.25, 0.3) is 0 Å². The number of aromatic nitrogens is 2. The number of hydrogen-bond donors (Lipinski definition) is 2. The molecule has 0 atom stereocenters. The molecular weight excluding hydrogens is 381 g/mol. The van der Waals surface area contributed by atoms with Gasteiger partial charge in [-0.3, -0.25) is 5.10 Å². The van der Waals surface area contributed by atoms with Gasteiger partial charge >= 0.3 is 0 Å². The lowest BCUT2D eigenvalue weighted by atomic mass is 10.2. The Morgan fingerprint density at radius 2 is 1.89 bits per heavy atom. The van der Waals surface area contributed by atoms with E-state index in [-0.39, 0.29) is 0 Å². The number of benzene rings is 1. The number of aryl methyl sites for hydroxylation is 2. The molecule has 0 radical (unpaired) electrons. The van der Waals surface area contributed by atoms with E-state index in [1.807, 2.05) is 26.0 Å². The van der Waals surface area contributed by atoms with Gasteiger partial charge in [0.2, 0.25) is 0 Å². The summed E-state index contributed by atoms with van der Waals surface area (Å²) in [6, 6.07) is 3.73. The molecule has 0 amide bonds. The Balaban J connectivity index is 2.21. The summed E-state index contributed by atoms with van der Waals surface area (Å²) in [4.78, 5) is 0. The maximum atomic E-state index is 5.97. The minimum atomic E-state index is 0.690. The number of rotatable bonds is 3. The van der Waals surface area contributed by atoms with E-state index in [4.69, 9.17) is 11.6 Å². The highest BCUT2D eigenvalue weighted by Gasteiger charge is 2.10. The Labute approximate surface area is 128 Å². The van der Waals surface area contributed by atoms with Crippen molar-refractivity contribution in [2.75, 3.05) is 5.32 Å². The van der Waals surface area contributed by atoms with Crippen molar-refractivity contribution >= 4 is 49.1 Å². The molecule has 3 nitrogen and oxygen atoms in total. The van der Waals surface area contributed by atoms with Crippen LogP contribution in [0.25, 0.3) is 0 Å². The van der Waals surface area contributed by atoms with Crippen LogP contribution in [0.5, 0.6) is 0 Å². The van der Waals surface area contributed by atoms with Crippen LogP contribution in [0.3, 0.4) is 0 Å². The zero-order valence-electron chi connectivity index (χ0n) is 9.94. The Morgan fingerprint density at radius 1 is 1.28 bits per heavy atom. The molecule has 0 bridgehead atoms. The van der Waals surface area contributed by atoms with E-state index in [1.165, 1.54) is 5.56 Å². The summed E-state index contributed by atoms with van der Waals surface area (Å²) in [6.45, 7) is 4.72. The molecule has 0 saturated heterocycles.